The predicted octanol–water partition coefficient (Wildman–Crippen LogP) is 1.71. The van der Waals surface area contributed by atoms with Crippen molar-refractivity contribution >= 4 is 16.0 Å². The van der Waals surface area contributed by atoms with Gasteiger partial charge in [-0.05, 0) is 18.6 Å². The second-order valence-electron chi connectivity index (χ2n) is 5.20. The highest BCUT2D eigenvalue weighted by atomic mass is 32.2. The molecule has 3 N–H and O–H groups in total. The van der Waals surface area contributed by atoms with Crippen LogP contribution in [-0.2, 0) is 10.0 Å². The fourth-order valence-corrected chi connectivity index (χ4v) is 3.08. The quantitative estimate of drug-likeness (QED) is 0.344. The van der Waals surface area contributed by atoms with Gasteiger partial charge in [-0.15, -0.1) is 0 Å². The van der Waals surface area contributed by atoms with E-state index in [1.54, 1.807) is 37.4 Å². The van der Waals surface area contributed by atoms with E-state index in [9.17, 15) is 8.42 Å². The standard InChI is InChI=1S/C16H28N4O2S/c1-3-4-5-9-12-18-16(17-2)19-13-14-20-23(21,22)15-10-7-6-8-11-15/h6-8,10-11,20H,3-5,9,12-14H2,1-2H3,(H2,17,18,19). The fourth-order valence-electron chi connectivity index (χ4n) is 2.03. The lowest BCUT2D eigenvalue weighted by atomic mass is 10.2. The molecule has 0 saturated heterocycles. The lowest BCUT2D eigenvalue weighted by molar-refractivity contribution is 0.580. The predicted molar refractivity (Wildman–Crippen MR) is 95.1 cm³/mol. The van der Waals surface area contributed by atoms with Gasteiger partial charge in [0.2, 0.25) is 10.0 Å². The van der Waals surface area contributed by atoms with E-state index in [1.165, 1.54) is 19.3 Å². The Kier molecular flexibility index (Phi) is 9.31. The van der Waals surface area contributed by atoms with Crippen LogP contribution in [0.2, 0.25) is 0 Å². The van der Waals surface area contributed by atoms with Crippen LogP contribution < -0.4 is 15.4 Å². The Hall–Kier alpha value is -1.60. The molecule has 6 nitrogen and oxygen atoms in total. The summed E-state index contributed by atoms with van der Waals surface area (Å²) >= 11 is 0. The molecule has 0 bridgehead atoms. The van der Waals surface area contributed by atoms with Crippen molar-refractivity contribution in [3.63, 3.8) is 0 Å². The number of aliphatic imine (C=N–C) groups is 1. The normalized spacial score (nSPS) is 12.2. The van der Waals surface area contributed by atoms with Gasteiger partial charge < -0.3 is 10.6 Å². The molecule has 1 aromatic rings. The summed E-state index contributed by atoms with van der Waals surface area (Å²) in [5, 5.41) is 6.32. The molecule has 0 saturated carbocycles. The Morgan fingerprint density at radius 2 is 1.70 bits per heavy atom. The van der Waals surface area contributed by atoms with Crippen molar-refractivity contribution in [2.45, 2.75) is 37.5 Å². The van der Waals surface area contributed by atoms with Gasteiger partial charge in [0.1, 0.15) is 0 Å². The Bertz CT molecular complexity index is 559. The van der Waals surface area contributed by atoms with Crippen LogP contribution in [0.4, 0.5) is 0 Å². The summed E-state index contributed by atoms with van der Waals surface area (Å²) in [6.45, 7) is 3.83. The third-order valence-corrected chi connectivity index (χ3v) is 4.79. The minimum atomic E-state index is -3.44. The van der Waals surface area contributed by atoms with E-state index in [0.717, 1.165) is 13.0 Å². The molecule has 7 heteroatoms. The van der Waals surface area contributed by atoms with Gasteiger partial charge in [0.15, 0.2) is 5.96 Å². The first-order valence-corrected chi connectivity index (χ1v) is 9.57. The fraction of sp³-hybridized carbons (Fsp3) is 0.562. The second-order valence-corrected chi connectivity index (χ2v) is 6.96. The first kappa shape index (κ1) is 19.4. The lowest BCUT2D eigenvalue weighted by Gasteiger charge is -2.12. The van der Waals surface area contributed by atoms with Crippen LogP contribution in [0.5, 0.6) is 0 Å². The number of hydrogen-bond acceptors (Lipinski definition) is 3. The molecule has 1 aromatic carbocycles. The van der Waals surface area contributed by atoms with Crippen molar-refractivity contribution < 1.29 is 8.42 Å². The Morgan fingerprint density at radius 1 is 1.00 bits per heavy atom. The van der Waals surface area contributed by atoms with Gasteiger partial charge in [0, 0.05) is 26.7 Å². The molecule has 1 rings (SSSR count). The van der Waals surface area contributed by atoms with Crippen molar-refractivity contribution in [1.29, 1.82) is 0 Å². The smallest absolute Gasteiger partial charge is 0.240 e. The SMILES string of the molecule is CCCCCCNC(=NC)NCCNS(=O)(=O)c1ccccc1. The molecule has 23 heavy (non-hydrogen) atoms. The molecule has 0 aliphatic heterocycles. The average molecular weight is 340 g/mol. The number of nitrogens with one attached hydrogen (secondary N) is 3. The Morgan fingerprint density at radius 3 is 2.35 bits per heavy atom. The third-order valence-electron chi connectivity index (χ3n) is 3.31. The molecule has 0 heterocycles. The summed E-state index contributed by atoms with van der Waals surface area (Å²) in [4.78, 5) is 4.39. The molecular weight excluding hydrogens is 312 g/mol. The van der Waals surface area contributed by atoms with Crippen molar-refractivity contribution in [2.75, 3.05) is 26.7 Å². The lowest BCUT2D eigenvalue weighted by Crippen LogP contribution is -2.41. The van der Waals surface area contributed by atoms with E-state index >= 15 is 0 Å². The highest BCUT2D eigenvalue weighted by molar-refractivity contribution is 7.89. The summed E-state index contributed by atoms with van der Waals surface area (Å²) in [5.41, 5.74) is 0. The maximum atomic E-state index is 12.0. The molecule has 0 aromatic heterocycles. The van der Waals surface area contributed by atoms with Gasteiger partial charge in [-0.3, -0.25) is 4.99 Å². The maximum absolute atomic E-state index is 12.0. The number of rotatable bonds is 10. The number of benzene rings is 1. The molecule has 0 atom stereocenters. The van der Waals surface area contributed by atoms with Gasteiger partial charge in [-0.1, -0.05) is 44.4 Å². The Balaban J connectivity index is 2.25. The average Bonchev–Trinajstić information content (AvgIpc) is 2.57. The number of guanidine groups is 1. The summed E-state index contributed by atoms with van der Waals surface area (Å²) in [7, 11) is -1.74. The minimum absolute atomic E-state index is 0.276. The molecule has 0 unspecified atom stereocenters. The monoisotopic (exact) mass is 340 g/mol. The van der Waals surface area contributed by atoms with Crippen LogP contribution in [0, 0.1) is 0 Å². The van der Waals surface area contributed by atoms with Gasteiger partial charge in [-0.25, -0.2) is 13.1 Å². The molecule has 0 spiro atoms. The molecule has 0 radical (unpaired) electrons. The number of sulfonamides is 1. The van der Waals surface area contributed by atoms with E-state index in [1.807, 2.05) is 0 Å². The molecule has 0 amide bonds. The van der Waals surface area contributed by atoms with Crippen LogP contribution in [-0.4, -0.2) is 41.1 Å². The zero-order chi connectivity index (χ0) is 17.0. The highest BCUT2D eigenvalue weighted by Crippen LogP contribution is 2.06. The van der Waals surface area contributed by atoms with Gasteiger partial charge in [0.25, 0.3) is 0 Å². The van der Waals surface area contributed by atoms with E-state index < -0.39 is 10.0 Å². The van der Waals surface area contributed by atoms with E-state index in [2.05, 4.69) is 27.3 Å². The topological polar surface area (TPSA) is 82.6 Å². The van der Waals surface area contributed by atoms with Crippen molar-refractivity contribution in [1.82, 2.24) is 15.4 Å². The van der Waals surface area contributed by atoms with Crippen LogP contribution in [0.1, 0.15) is 32.6 Å². The molecule has 0 aliphatic rings. The van der Waals surface area contributed by atoms with E-state index in [4.69, 9.17) is 0 Å². The van der Waals surface area contributed by atoms with E-state index in [-0.39, 0.29) is 4.90 Å². The number of hydrogen-bond donors (Lipinski definition) is 3. The zero-order valence-electron chi connectivity index (χ0n) is 14.0. The Labute approximate surface area is 139 Å². The van der Waals surface area contributed by atoms with Crippen LogP contribution in [0.15, 0.2) is 40.2 Å². The van der Waals surface area contributed by atoms with Gasteiger partial charge in [0.05, 0.1) is 4.90 Å². The summed E-state index contributed by atoms with van der Waals surface area (Å²) < 4.78 is 26.6. The van der Waals surface area contributed by atoms with Crippen LogP contribution >= 0.6 is 0 Å². The van der Waals surface area contributed by atoms with Crippen molar-refractivity contribution in [2.24, 2.45) is 4.99 Å². The summed E-state index contributed by atoms with van der Waals surface area (Å²) in [6, 6.07) is 8.35. The largest absolute Gasteiger partial charge is 0.356 e. The summed E-state index contributed by atoms with van der Waals surface area (Å²) in [6.07, 6.45) is 4.77. The third kappa shape index (κ3) is 7.99. The molecule has 0 aliphatic carbocycles. The molecule has 0 fully saturated rings. The highest BCUT2D eigenvalue weighted by Gasteiger charge is 2.11. The molecular formula is C16H28N4O2S. The van der Waals surface area contributed by atoms with E-state index in [0.29, 0.717) is 19.0 Å². The van der Waals surface area contributed by atoms with Crippen molar-refractivity contribution in [3.05, 3.63) is 30.3 Å². The van der Waals surface area contributed by atoms with Crippen molar-refractivity contribution in [3.8, 4) is 0 Å². The first-order valence-electron chi connectivity index (χ1n) is 8.09. The van der Waals surface area contributed by atoms with Gasteiger partial charge >= 0.3 is 0 Å². The van der Waals surface area contributed by atoms with Gasteiger partial charge in [-0.2, -0.15) is 0 Å². The molecule has 130 valence electrons. The second kappa shape index (κ2) is 11.0. The van der Waals surface area contributed by atoms with Crippen LogP contribution in [0.3, 0.4) is 0 Å². The first-order chi connectivity index (χ1) is 11.1. The summed E-state index contributed by atoms with van der Waals surface area (Å²) in [5.74, 6) is 0.695. The number of nitrogens with zero attached hydrogens (tertiary/aromatic N) is 1. The minimum Gasteiger partial charge on any atom is -0.356 e. The maximum Gasteiger partial charge on any atom is 0.240 e. The van der Waals surface area contributed by atoms with Crippen LogP contribution in [0.25, 0.3) is 0 Å². The number of unbranched alkanes of at least 4 members (excludes halogenated alkanes) is 3. The zero-order valence-corrected chi connectivity index (χ0v) is 14.8.